The highest BCUT2D eigenvalue weighted by Gasteiger charge is 2.60. The van der Waals surface area contributed by atoms with E-state index in [2.05, 4.69) is 15.3 Å². The van der Waals surface area contributed by atoms with E-state index >= 15 is 4.39 Å². The number of rotatable bonds is 5. The Bertz CT molecular complexity index is 1540. The van der Waals surface area contributed by atoms with E-state index < -0.39 is 40.6 Å². The highest BCUT2D eigenvalue weighted by atomic mass is 32.1. The molecule has 0 atom stereocenters. The van der Waals surface area contributed by atoms with Gasteiger partial charge >= 0.3 is 6.18 Å². The van der Waals surface area contributed by atoms with E-state index in [-0.39, 0.29) is 41.4 Å². The molecule has 2 amide bonds. The standard InChI is InChI=1S/C26H18F4N6O2S/c27-21-17(22(37)34-13-15-4-2-9-32-12-15)5-1-6-20(21)36-24(39)35(23(38)25(36)7-3-8-25)16-10-18(26(28,29)30)19(11-31)33-14-16/h1-2,4-6,9-10,12,14H,3,7-8,13H2,(H,34,37). The molecule has 1 saturated carbocycles. The summed E-state index contributed by atoms with van der Waals surface area (Å²) in [5.74, 6) is -2.28. The Balaban J connectivity index is 1.51. The molecule has 0 bridgehead atoms. The molecule has 198 valence electrons. The molecular weight excluding hydrogens is 536 g/mol. The van der Waals surface area contributed by atoms with Crippen LogP contribution in [-0.4, -0.2) is 32.4 Å². The molecule has 0 radical (unpaired) electrons. The number of anilines is 2. The van der Waals surface area contributed by atoms with Gasteiger partial charge in [-0.25, -0.2) is 9.37 Å². The summed E-state index contributed by atoms with van der Waals surface area (Å²) in [4.78, 5) is 36.2. The summed E-state index contributed by atoms with van der Waals surface area (Å²) in [7, 11) is 0. The quantitative estimate of drug-likeness (QED) is 0.366. The minimum absolute atomic E-state index is 0.0991. The molecule has 3 aromatic rings. The fourth-order valence-electron chi connectivity index (χ4n) is 4.71. The lowest BCUT2D eigenvalue weighted by Crippen LogP contribution is -2.55. The number of aromatic nitrogens is 2. The number of nitrogens with one attached hydrogen (secondary N) is 1. The summed E-state index contributed by atoms with van der Waals surface area (Å²) >= 11 is 5.52. The zero-order valence-corrected chi connectivity index (χ0v) is 20.8. The molecular formula is C26H18F4N6O2S. The molecule has 1 aliphatic heterocycles. The van der Waals surface area contributed by atoms with Gasteiger partial charge in [0.05, 0.1) is 28.7 Å². The van der Waals surface area contributed by atoms with Crippen LogP contribution in [0.5, 0.6) is 0 Å². The first-order valence-corrected chi connectivity index (χ1v) is 12.1. The third-order valence-electron chi connectivity index (χ3n) is 6.77. The van der Waals surface area contributed by atoms with Crippen LogP contribution in [-0.2, 0) is 17.5 Å². The van der Waals surface area contributed by atoms with Crippen molar-refractivity contribution in [1.82, 2.24) is 15.3 Å². The smallest absolute Gasteiger partial charge is 0.348 e. The molecule has 2 fully saturated rings. The van der Waals surface area contributed by atoms with Gasteiger partial charge in [0.25, 0.3) is 11.8 Å². The van der Waals surface area contributed by atoms with Gasteiger partial charge < -0.3 is 10.2 Å². The van der Waals surface area contributed by atoms with Gasteiger partial charge in [0.15, 0.2) is 16.6 Å². The fourth-order valence-corrected chi connectivity index (χ4v) is 5.17. The minimum atomic E-state index is -4.91. The van der Waals surface area contributed by atoms with Crippen LogP contribution in [0.15, 0.2) is 55.0 Å². The van der Waals surface area contributed by atoms with Crippen LogP contribution in [0, 0.1) is 17.1 Å². The van der Waals surface area contributed by atoms with Crippen molar-refractivity contribution < 1.29 is 27.2 Å². The number of halogens is 4. The summed E-state index contributed by atoms with van der Waals surface area (Å²) < 4.78 is 56.6. The summed E-state index contributed by atoms with van der Waals surface area (Å²) in [6, 6.07) is 9.53. The first kappa shape index (κ1) is 26.2. The number of amides is 2. The van der Waals surface area contributed by atoms with E-state index in [0.29, 0.717) is 18.1 Å². The van der Waals surface area contributed by atoms with Crippen LogP contribution in [0.4, 0.5) is 28.9 Å². The van der Waals surface area contributed by atoms with Crippen molar-refractivity contribution in [2.75, 3.05) is 9.80 Å². The van der Waals surface area contributed by atoms with Gasteiger partial charge in [-0.05, 0) is 61.3 Å². The summed E-state index contributed by atoms with van der Waals surface area (Å²) in [5, 5.41) is 11.4. The molecule has 1 saturated heterocycles. The third-order valence-corrected chi connectivity index (χ3v) is 7.14. The van der Waals surface area contributed by atoms with Gasteiger partial charge in [-0.15, -0.1) is 0 Å². The number of hydrogen-bond acceptors (Lipinski definition) is 6. The van der Waals surface area contributed by atoms with Crippen molar-refractivity contribution >= 4 is 40.5 Å². The first-order valence-electron chi connectivity index (χ1n) is 11.7. The van der Waals surface area contributed by atoms with Crippen LogP contribution < -0.4 is 15.1 Å². The number of carbonyl (C=O) groups excluding carboxylic acids is 2. The normalized spacial score (nSPS) is 16.3. The molecule has 5 rings (SSSR count). The second kappa shape index (κ2) is 9.70. The van der Waals surface area contributed by atoms with E-state index in [0.717, 1.165) is 11.1 Å². The average molecular weight is 555 g/mol. The second-order valence-corrected chi connectivity index (χ2v) is 9.39. The number of benzene rings is 1. The Kier molecular flexibility index (Phi) is 6.51. The van der Waals surface area contributed by atoms with Crippen molar-refractivity contribution in [1.29, 1.82) is 5.26 Å². The van der Waals surface area contributed by atoms with Crippen LogP contribution >= 0.6 is 12.2 Å². The zero-order chi connectivity index (χ0) is 27.9. The highest BCUT2D eigenvalue weighted by molar-refractivity contribution is 7.81. The lowest BCUT2D eigenvalue weighted by molar-refractivity contribution is -0.138. The van der Waals surface area contributed by atoms with Gasteiger partial charge in [0.2, 0.25) is 0 Å². The zero-order valence-electron chi connectivity index (χ0n) is 20.0. The number of thiocarbonyl (C=S) groups is 1. The third kappa shape index (κ3) is 4.36. The molecule has 1 aliphatic carbocycles. The molecule has 8 nitrogen and oxygen atoms in total. The van der Waals surface area contributed by atoms with Crippen LogP contribution in [0.2, 0.25) is 0 Å². The van der Waals surface area contributed by atoms with Gasteiger partial charge in [-0.3, -0.25) is 19.5 Å². The lowest BCUT2D eigenvalue weighted by Gasteiger charge is -2.43. The van der Waals surface area contributed by atoms with Crippen molar-refractivity contribution in [3.8, 4) is 6.07 Å². The van der Waals surface area contributed by atoms with Gasteiger partial charge in [0.1, 0.15) is 11.6 Å². The molecule has 39 heavy (non-hydrogen) atoms. The van der Waals surface area contributed by atoms with Crippen LogP contribution in [0.3, 0.4) is 0 Å². The van der Waals surface area contributed by atoms with E-state index in [1.54, 1.807) is 24.5 Å². The molecule has 1 aromatic carbocycles. The van der Waals surface area contributed by atoms with E-state index in [1.165, 1.54) is 29.2 Å². The number of pyridine rings is 2. The maximum absolute atomic E-state index is 15.9. The molecule has 3 heterocycles. The highest BCUT2D eigenvalue weighted by Crippen LogP contribution is 2.49. The number of carbonyl (C=O) groups is 2. The van der Waals surface area contributed by atoms with Gasteiger partial charge in [-0.2, -0.15) is 18.4 Å². The van der Waals surface area contributed by atoms with Crippen molar-refractivity contribution in [2.24, 2.45) is 0 Å². The molecule has 1 N–H and O–H groups in total. The fraction of sp³-hybridized carbons (Fsp3) is 0.231. The monoisotopic (exact) mass is 554 g/mol. The molecule has 2 aliphatic rings. The van der Waals surface area contributed by atoms with E-state index in [4.69, 9.17) is 17.5 Å². The molecule has 0 unspecified atom stereocenters. The van der Waals surface area contributed by atoms with Crippen molar-refractivity contribution in [2.45, 2.75) is 37.5 Å². The van der Waals surface area contributed by atoms with Crippen molar-refractivity contribution in [3.63, 3.8) is 0 Å². The topological polar surface area (TPSA) is 102 Å². The van der Waals surface area contributed by atoms with Crippen molar-refractivity contribution in [3.05, 3.63) is 83.2 Å². The van der Waals surface area contributed by atoms with E-state index in [9.17, 15) is 22.8 Å². The Morgan fingerprint density at radius 3 is 2.59 bits per heavy atom. The Morgan fingerprint density at radius 2 is 1.97 bits per heavy atom. The maximum Gasteiger partial charge on any atom is 0.419 e. The molecule has 1 spiro atoms. The average Bonchev–Trinajstić information content (AvgIpc) is 3.13. The summed E-state index contributed by atoms with van der Waals surface area (Å²) in [5.41, 5.74) is -3.54. The minimum Gasteiger partial charge on any atom is -0.348 e. The second-order valence-electron chi connectivity index (χ2n) is 9.03. The molecule has 2 aromatic heterocycles. The predicted octanol–water partition coefficient (Wildman–Crippen LogP) is 4.50. The Hall–Kier alpha value is -4.44. The predicted molar refractivity (Wildman–Crippen MR) is 135 cm³/mol. The number of nitrogens with zero attached hydrogens (tertiary/aromatic N) is 5. The van der Waals surface area contributed by atoms with Crippen LogP contribution in [0.25, 0.3) is 0 Å². The Morgan fingerprint density at radius 1 is 1.21 bits per heavy atom. The van der Waals surface area contributed by atoms with Gasteiger partial charge in [-0.1, -0.05) is 12.1 Å². The number of hydrogen-bond donors (Lipinski definition) is 1. The maximum atomic E-state index is 15.9. The first-order chi connectivity index (χ1) is 18.6. The van der Waals surface area contributed by atoms with Crippen LogP contribution in [0.1, 0.15) is 46.4 Å². The number of alkyl halides is 3. The summed E-state index contributed by atoms with van der Waals surface area (Å²) in [6.07, 6.45) is 0.322. The van der Waals surface area contributed by atoms with E-state index in [1.807, 2.05) is 0 Å². The van der Waals surface area contributed by atoms with Gasteiger partial charge in [0, 0.05) is 18.9 Å². The summed E-state index contributed by atoms with van der Waals surface area (Å²) in [6.45, 7) is 0.0991. The number of nitriles is 1. The molecule has 13 heteroatoms. The SMILES string of the molecule is N#Cc1ncc(N2C(=O)C3(CCC3)N(c3cccc(C(=O)NCc4cccnc4)c3F)C2=S)cc1C(F)(F)F. The lowest BCUT2D eigenvalue weighted by atomic mass is 9.75. The Labute approximate surface area is 224 Å². The largest absolute Gasteiger partial charge is 0.419 e.